The molecule has 0 saturated carbocycles. The number of halogens is 2. The van der Waals surface area contributed by atoms with Gasteiger partial charge in [-0.1, -0.05) is 17.7 Å². The Morgan fingerprint density at radius 2 is 2.06 bits per heavy atom. The number of hydrogen-bond acceptors (Lipinski definition) is 2. The molecule has 0 aliphatic carbocycles. The van der Waals surface area contributed by atoms with Gasteiger partial charge in [-0.05, 0) is 38.1 Å². The minimum atomic E-state index is -0.220. The minimum Gasteiger partial charge on any atom is -0.328 e. The molecule has 1 fully saturated rings. The first-order chi connectivity index (χ1) is 7.65. The average Bonchev–Trinajstić information content (AvgIpc) is 2.25. The Balaban J connectivity index is 1.98. The van der Waals surface area contributed by atoms with E-state index in [2.05, 4.69) is 4.90 Å². The molecule has 0 radical (unpaired) electrons. The topological polar surface area (TPSA) is 29.3 Å². The third-order valence-electron chi connectivity index (χ3n) is 3.04. The van der Waals surface area contributed by atoms with Gasteiger partial charge in [0.25, 0.3) is 0 Å². The van der Waals surface area contributed by atoms with Crippen molar-refractivity contribution in [2.24, 2.45) is 5.73 Å². The fourth-order valence-corrected chi connectivity index (χ4v) is 2.16. The number of benzene rings is 1. The van der Waals surface area contributed by atoms with Gasteiger partial charge < -0.3 is 5.73 Å². The normalized spacial score (nSPS) is 18.9. The summed E-state index contributed by atoms with van der Waals surface area (Å²) < 4.78 is 13.5. The van der Waals surface area contributed by atoms with E-state index in [0.717, 1.165) is 25.9 Å². The van der Waals surface area contributed by atoms with Gasteiger partial charge >= 0.3 is 0 Å². The van der Waals surface area contributed by atoms with Crippen molar-refractivity contribution in [3.05, 3.63) is 34.6 Å². The molecular formula is C12H16ClFN2. The lowest BCUT2D eigenvalue weighted by molar-refractivity contribution is 0.203. The van der Waals surface area contributed by atoms with Gasteiger partial charge in [0.1, 0.15) is 5.82 Å². The highest BCUT2D eigenvalue weighted by atomic mass is 35.5. The Kier molecular flexibility index (Phi) is 3.79. The van der Waals surface area contributed by atoms with Crippen molar-refractivity contribution in [2.45, 2.75) is 25.4 Å². The van der Waals surface area contributed by atoms with E-state index in [1.165, 1.54) is 6.07 Å². The van der Waals surface area contributed by atoms with Gasteiger partial charge in [-0.15, -0.1) is 0 Å². The highest BCUT2D eigenvalue weighted by molar-refractivity contribution is 6.30. The maximum atomic E-state index is 13.5. The van der Waals surface area contributed by atoms with E-state index in [1.807, 2.05) is 0 Å². The second kappa shape index (κ2) is 5.13. The van der Waals surface area contributed by atoms with Crippen molar-refractivity contribution < 1.29 is 4.39 Å². The SMILES string of the molecule is NC1CCN(Cc2ccc(Cl)cc2F)CC1. The summed E-state index contributed by atoms with van der Waals surface area (Å²) in [6.45, 7) is 2.54. The maximum Gasteiger partial charge on any atom is 0.129 e. The second-order valence-corrected chi connectivity index (χ2v) is 4.79. The van der Waals surface area contributed by atoms with Crippen LogP contribution in [0.3, 0.4) is 0 Å². The molecule has 1 saturated heterocycles. The van der Waals surface area contributed by atoms with E-state index < -0.39 is 0 Å². The maximum absolute atomic E-state index is 13.5. The molecule has 88 valence electrons. The lowest BCUT2D eigenvalue weighted by Gasteiger charge is -2.30. The monoisotopic (exact) mass is 242 g/mol. The number of nitrogens with two attached hydrogens (primary N) is 1. The summed E-state index contributed by atoms with van der Waals surface area (Å²) in [6, 6.07) is 5.17. The Morgan fingerprint density at radius 1 is 1.38 bits per heavy atom. The molecule has 0 atom stereocenters. The zero-order valence-electron chi connectivity index (χ0n) is 9.13. The Morgan fingerprint density at radius 3 is 2.69 bits per heavy atom. The van der Waals surface area contributed by atoms with Gasteiger partial charge in [-0.3, -0.25) is 4.90 Å². The number of hydrogen-bond donors (Lipinski definition) is 1. The van der Waals surface area contributed by atoms with Gasteiger partial charge in [0, 0.05) is 23.2 Å². The van der Waals surface area contributed by atoms with Gasteiger partial charge in [0.05, 0.1) is 0 Å². The van der Waals surface area contributed by atoms with Crippen LogP contribution < -0.4 is 5.73 Å². The van der Waals surface area contributed by atoms with Gasteiger partial charge in [0.15, 0.2) is 0 Å². The predicted octanol–water partition coefficient (Wildman–Crippen LogP) is 2.40. The van der Waals surface area contributed by atoms with Crippen LogP contribution in [0.25, 0.3) is 0 Å². The van der Waals surface area contributed by atoms with Crippen LogP contribution in [0.4, 0.5) is 4.39 Å². The summed E-state index contributed by atoms with van der Waals surface area (Å²) >= 11 is 5.71. The first-order valence-corrected chi connectivity index (χ1v) is 5.95. The molecule has 0 amide bonds. The Bertz CT molecular complexity index is 362. The fraction of sp³-hybridized carbons (Fsp3) is 0.500. The van der Waals surface area contributed by atoms with Gasteiger partial charge in [-0.25, -0.2) is 4.39 Å². The molecule has 2 N–H and O–H groups in total. The van der Waals surface area contributed by atoms with Crippen molar-refractivity contribution in [2.75, 3.05) is 13.1 Å². The number of rotatable bonds is 2. The summed E-state index contributed by atoms with van der Waals surface area (Å²) in [7, 11) is 0. The molecule has 1 heterocycles. The van der Waals surface area contributed by atoms with Crippen LogP contribution >= 0.6 is 11.6 Å². The summed E-state index contributed by atoms with van der Waals surface area (Å²) in [5.74, 6) is -0.220. The van der Waals surface area contributed by atoms with E-state index in [4.69, 9.17) is 17.3 Å². The van der Waals surface area contributed by atoms with E-state index in [-0.39, 0.29) is 5.82 Å². The summed E-state index contributed by atoms with van der Waals surface area (Å²) in [5.41, 5.74) is 6.53. The largest absolute Gasteiger partial charge is 0.328 e. The van der Waals surface area contributed by atoms with Crippen LogP contribution in [0.2, 0.25) is 5.02 Å². The molecule has 1 aromatic carbocycles. The van der Waals surface area contributed by atoms with Crippen LogP contribution in [0.1, 0.15) is 18.4 Å². The Labute approximate surface area is 100 Å². The zero-order chi connectivity index (χ0) is 11.5. The molecule has 0 unspecified atom stereocenters. The van der Waals surface area contributed by atoms with Crippen molar-refractivity contribution >= 4 is 11.6 Å². The molecule has 1 aromatic rings. The Hall–Kier alpha value is -0.640. The molecule has 2 rings (SSSR count). The van der Waals surface area contributed by atoms with Crippen molar-refractivity contribution in [3.63, 3.8) is 0 Å². The zero-order valence-corrected chi connectivity index (χ0v) is 9.88. The van der Waals surface area contributed by atoms with Crippen LogP contribution in [-0.4, -0.2) is 24.0 Å². The van der Waals surface area contributed by atoms with Crippen LogP contribution in [0.5, 0.6) is 0 Å². The molecular weight excluding hydrogens is 227 g/mol. The average molecular weight is 243 g/mol. The standard InChI is InChI=1S/C12H16ClFN2/c13-10-2-1-9(12(14)7-10)8-16-5-3-11(15)4-6-16/h1-2,7,11H,3-6,8,15H2. The molecule has 1 aliphatic rings. The van der Waals surface area contributed by atoms with Crippen LogP contribution in [0.15, 0.2) is 18.2 Å². The van der Waals surface area contributed by atoms with E-state index in [0.29, 0.717) is 23.2 Å². The van der Waals surface area contributed by atoms with E-state index in [9.17, 15) is 4.39 Å². The smallest absolute Gasteiger partial charge is 0.129 e. The number of nitrogens with zero attached hydrogens (tertiary/aromatic N) is 1. The minimum absolute atomic E-state index is 0.220. The molecule has 16 heavy (non-hydrogen) atoms. The lowest BCUT2D eigenvalue weighted by Crippen LogP contribution is -2.39. The highest BCUT2D eigenvalue weighted by Crippen LogP contribution is 2.18. The molecule has 4 heteroatoms. The molecule has 0 aromatic heterocycles. The van der Waals surface area contributed by atoms with Crippen molar-refractivity contribution in [3.8, 4) is 0 Å². The summed E-state index contributed by atoms with van der Waals surface area (Å²) in [6.07, 6.45) is 1.99. The second-order valence-electron chi connectivity index (χ2n) is 4.35. The summed E-state index contributed by atoms with van der Waals surface area (Å²) in [4.78, 5) is 2.23. The molecule has 1 aliphatic heterocycles. The third kappa shape index (κ3) is 2.94. The highest BCUT2D eigenvalue weighted by Gasteiger charge is 2.17. The first-order valence-electron chi connectivity index (χ1n) is 5.57. The lowest BCUT2D eigenvalue weighted by atomic mass is 10.1. The predicted molar refractivity (Wildman–Crippen MR) is 63.9 cm³/mol. The quantitative estimate of drug-likeness (QED) is 0.863. The summed E-state index contributed by atoms with van der Waals surface area (Å²) in [5, 5.41) is 0.446. The molecule has 0 bridgehead atoms. The van der Waals surface area contributed by atoms with E-state index in [1.54, 1.807) is 12.1 Å². The molecule has 0 spiro atoms. The van der Waals surface area contributed by atoms with Gasteiger partial charge in [-0.2, -0.15) is 0 Å². The molecule has 2 nitrogen and oxygen atoms in total. The van der Waals surface area contributed by atoms with Gasteiger partial charge in [0.2, 0.25) is 0 Å². The number of piperidine rings is 1. The van der Waals surface area contributed by atoms with Crippen molar-refractivity contribution in [1.82, 2.24) is 4.90 Å². The number of likely N-dealkylation sites (tertiary alicyclic amines) is 1. The fourth-order valence-electron chi connectivity index (χ4n) is 2.00. The van der Waals surface area contributed by atoms with Crippen molar-refractivity contribution in [1.29, 1.82) is 0 Å². The van der Waals surface area contributed by atoms with Crippen LogP contribution in [-0.2, 0) is 6.54 Å². The first kappa shape index (κ1) is 11.8. The van der Waals surface area contributed by atoms with Crippen LogP contribution in [0, 0.1) is 5.82 Å². The third-order valence-corrected chi connectivity index (χ3v) is 3.28. The van der Waals surface area contributed by atoms with E-state index >= 15 is 0 Å².